The number of aromatic nitrogens is 2. The van der Waals surface area contributed by atoms with Crippen molar-refractivity contribution in [3.8, 4) is 11.4 Å². The van der Waals surface area contributed by atoms with Gasteiger partial charge in [-0.15, -0.1) is 11.3 Å². The van der Waals surface area contributed by atoms with E-state index in [2.05, 4.69) is 26.1 Å². The molecule has 3 rings (SSSR count). The van der Waals surface area contributed by atoms with Crippen LogP contribution in [0.25, 0.3) is 22.5 Å². The van der Waals surface area contributed by atoms with Gasteiger partial charge in [0.15, 0.2) is 0 Å². The van der Waals surface area contributed by atoms with Crippen LogP contribution in [-0.2, 0) is 0 Å². The second kappa shape index (κ2) is 5.91. The maximum atomic E-state index is 6.21. The molecule has 3 nitrogen and oxygen atoms in total. The Hall–Kier alpha value is -1.43. The van der Waals surface area contributed by atoms with Crippen molar-refractivity contribution < 1.29 is 4.52 Å². The third kappa shape index (κ3) is 3.00. The summed E-state index contributed by atoms with van der Waals surface area (Å²) in [7, 11) is 0. The fourth-order valence-electron chi connectivity index (χ4n) is 1.62. The van der Waals surface area contributed by atoms with Gasteiger partial charge < -0.3 is 4.52 Å². The molecule has 0 aliphatic carbocycles. The standard InChI is InChI=1S/C14H8BrClN2OS/c15-10-6-11(20-8-10)7-12(16)14-17-13(18-19-14)9-4-2-1-3-5-9/h1-8H/b12-7-. The van der Waals surface area contributed by atoms with Crippen LogP contribution in [-0.4, -0.2) is 10.1 Å². The Kier molecular flexibility index (Phi) is 4.00. The average Bonchev–Trinajstić information content (AvgIpc) is 3.09. The minimum Gasteiger partial charge on any atom is -0.333 e. The zero-order valence-corrected chi connectivity index (χ0v) is 13.2. The summed E-state index contributed by atoms with van der Waals surface area (Å²) in [4.78, 5) is 5.31. The molecular formula is C14H8BrClN2OS. The van der Waals surface area contributed by atoms with Crippen LogP contribution in [0.1, 0.15) is 10.8 Å². The van der Waals surface area contributed by atoms with Crippen molar-refractivity contribution in [1.82, 2.24) is 10.1 Å². The van der Waals surface area contributed by atoms with E-state index in [1.165, 1.54) is 0 Å². The Bertz CT molecular complexity index is 751. The van der Waals surface area contributed by atoms with Gasteiger partial charge in [-0.1, -0.05) is 47.1 Å². The summed E-state index contributed by atoms with van der Waals surface area (Å²) in [5, 5.41) is 6.35. The van der Waals surface area contributed by atoms with Crippen LogP contribution < -0.4 is 0 Å². The molecular weight excluding hydrogens is 360 g/mol. The van der Waals surface area contributed by atoms with Gasteiger partial charge in [0.25, 0.3) is 5.89 Å². The molecule has 0 aliphatic rings. The number of hydrogen-bond acceptors (Lipinski definition) is 4. The number of halogens is 2. The van der Waals surface area contributed by atoms with Gasteiger partial charge in [-0.3, -0.25) is 0 Å². The third-order valence-electron chi connectivity index (χ3n) is 2.52. The van der Waals surface area contributed by atoms with Crippen molar-refractivity contribution in [2.45, 2.75) is 0 Å². The Labute approximate surface area is 133 Å². The zero-order valence-electron chi connectivity index (χ0n) is 10.1. The SMILES string of the molecule is Cl/C(=C\c1cc(Br)cs1)c1nc(-c2ccccc2)no1. The summed E-state index contributed by atoms with van der Waals surface area (Å²) < 4.78 is 6.21. The quantitative estimate of drug-likeness (QED) is 0.630. The van der Waals surface area contributed by atoms with E-state index in [9.17, 15) is 0 Å². The molecule has 0 N–H and O–H groups in total. The predicted octanol–water partition coefficient (Wildman–Crippen LogP) is 5.30. The van der Waals surface area contributed by atoms with Crippen molar-refractivity contribution in [1.29, 1.82) is 0 Å². The van der Waals surface area contributed by atoms with Gasteiger partial charge in [-0.2, -0.15) is 4.98 Å². The van der Waals surface area contributed by atoms with E-state index in [0.717, 1.165) is 14.9 Å². The number of hydrogen-bond donors (Lipinski definition) is 0. The minimum atomic E-state index is 0.315. The molecule has 0 bridgehead atoms. The summed E-state index contributed by atoms with van der Waals surface area (Å²) >= 11 is 11.2. The fraction of sp³-hybridized carbons (Fsp3) is 0. The first kappa shape index (κ1) is 13.5. The van der Waals surface area contributed by atoms with Gasteiger partial charge in [0.2, 0.25) is 5.82 Å². The summed E-state index contributed by atoms with van der Waals surface area (Å²) in [6.07, 6.45) is 1.80. The number of rotatable bonds is 3. The lowest BCUT2D eigenvalue weighted by Crippen LogP contribution is -1.80. The Morgan fingerprint density at radius 1 is 1.30 bits per heavy atom. The molecule has 100 valence electrons. The van der Waals surface area contributed by atoms with Crippen molar-refractivity contribution in [3.05, 3.63) is 57.0 Å². The number of thiophene rings is 1. The van der Waals surface area contributed by atoms with E-state index in [-0.39, 0.29) is 0 Å². The van der Waals surface area contributed by atoms with Crippen molar-refractivity contribution in [2.75, 3.05) is 0 Å². The highest BCUT2D eigenvalue weighted by Gasteiger charge is 2.11. The molecule has 0 aliphatic heterocycles. The van der Waals surface area contributed by atoms with E-state index in [1.54, 1.807) is 17.4 Å². The maximum Gasteiger partial charge on any atom is 0.269 e. The number of nitrogens with zero attached hydrogens (tertiary/aromatic N) is 2. The van der Waals surface area contributed by atoms with Crippen LogP contribution >= 0.6 is 38.9 Å². The maximum absolute atomic E-state index is 6.21. The highest BCUT2D eigenvalue weighted by atomic mass is 79.9. The Morgan fingerprint density at radius 2 is 2.10 bits per heavy atom. The molecule has 0 atom stereocenters. The van der Waals surface area contributed by atoms with E-state index in [0.29, 0.717) is 16.7 Å². The normalized spacial score (nSPS) is 11.8. The average molecular weight is 368 g/mol. The van der Waals surface area contributed by atoms with Gasteiger partial charge in [-0.05, 0) is 28.1 Å². The van der Waals surface area contributed by atoms with Crippen LogP contribution in [0, 0.1) is 0 Å². The molecule has 3 aromatic rings. The molecule has 20 heavy (non-hydrogen) atoms. The van der Waals surface area contributed by atoms with E-state index >= 15 is 0 Å². The van der Waals surface area contributed by atoms with Crippen molar-refractivity contribution in [3.63, 3.8) is 0 Å². The smallest absolute Gasteiger partial charge is 0.269 e. The van der Waals surface area contributed by atoms with Crippen molar-refractivity contribution in [2.24, 2.45) is 0 Å². The molecule has 2 heterocycles. The van der Waals surface area contributed by atoms with Crippen LogP contribution in [0.4, 0.5) is 0 Å². The molecule has 1 aromatic carbocycles. The second-order valence-electron chi connectivity index (χ2n) is 3.95. The van der Waals surface area contributed by atoms with E-state index in [4.69, 9.17) is 16.1 Å². The lowest BCUT2D eigenvalue weighted by Gasteiger charge is -1.91. The van der Waals surface area contributed by atoms with Crippen molar-refractivity contribution >= 4 is 50.0 Å². The van der Waals surface area contributed by atoms with Crippen LogP contribution in [0.3, 0.4) is 0 Å². The lowest BCUT2D eigenvalue weighted by molar-refractivity contribution is 0.410. The van der Waals surface area contributed by atoms with Crippen LogP contribution in [0.2, 0.25) is 0 Å². The zero-order chi connectivity index (χ0) is 13.9. The van der Waals surface area contributed by atoms with Crippen LogP contribution in [0.15, 0.2) is 50.8 Å². The van der Waals surface area contributed by atoms with Gasteiger partial charge >= 0.3 is 0 Å². The third-order valence-corrected chi connectivity index (χ3v) is 4.43. The molecule has 2 aromatic heterocycles. The van der Waals surface area contributed by atoms with Crippen LogP contribution in [0.5, 0.6) is 0 Å². The van der Waals surface area contributed by atoms with Gasteiger partial charge in [0.1, 0.15) is 5.03 Å². The molecule has 0 saturated carbocycles. The van der Waals surface area contributed by atoms with Gasteiger partial charge in [0.05, 0.1) is 0 Å². The molecule has 0 amide bonds. The summed E-state index contributed by atoms with van der Waals surface area (Å²) in [5.41, 5.74) is 0.894. The fourth-order valence-corrected chi connectivity index (χ4v) is 3.25. The first-order valence-electron chi connectivity index (χ1n) is 5.73. The molecule has 0 spiro atoms. The molecule has 6 heteroatoms. The Balaban J connectivity index is 1.88. The van der Waals surface area contributed by atoms with E-state index in [1.807, 2.05) is 41.8 Å². The molecule has 0 fully saturated rings. The lowest BCUT2D eigenvalue weighted by atomic mass is 10.2. The number of benzene rings is 1. The van der Waals surface area contributed by atoms with E-state index < -0.39 is 0 Å². The monoisotopic (exact) mass is 366 g/mol. The summed E-state index contributed by atoms with van der Waals surface area (Å²) in [6.45, 7) is 0. The highest BCUT2D eigenvalue weighted by Crippen LogP contribution is 2.27. The Morgan fingerprint density at radius 3 is 2.80 bits per heavy atom. The summed E-state index contributed by atoms with van der Waals surface area (Å²) in [6, 6.07) is 11.6. The van der Waals surface area contributed by atoms with Gasteiger partial charge in [0, 0.05) is 20.3 Å². The first-order valence-corrected chi connectivity index (χ1v) is 7.78. The minimum absolute atomic E-state index is 0.315. The topological polar surface area (TPSA) is 38.9 Å². The predicted molar refractivity (Wildman–Crippen MR) is 85.5 cm³/mol. The second-order valence-corrected chi connectivity index (χ2v) is 6.21. The molecule has 0 saturated heterocycles. The highest BCUT2D eigenvalue weighted by molar-refractivity contribution is 9.10. The first-order chi connectivity index (χ1) is 9.72. The molecule has 0 radical (unpaired) electrons. The molecule has 0 unspecified atom stereocenters. The summed E-state index contributed by atoms with van der Waals surface area (Å²) in [5.74, 6) is 0.842. The van der Waals surface area contributed by atoms with Gasteiger partial charge in [-0.25, -0.2) is 0 Å². The largest absolute Gasteiger partial charge is 0.333 e.